The average molecular weight is 404 g/mol. The van der Waals surface area contributed by atoms with Gasteiger partial charge in [0.25, 0.3) is 5.56 Å². The molecule has 0 aliphatic heterocycles. The molecule has 25 heavy (non-hydrogen) atoms. The van der Waals surface area contributed by atoms with Gasteiger partial charge in [-0.1, -0.05) is 12.1 Å². The van der Waals surface area contributed by atoms with Gasteiger partial charge in [0, 0.05) is 24.3 Å². The van der Waals surface area contributed by atoms with Crippen molar-refractivity contribution < 1.29 is 4.79 Å². The van der Waals surface area contributed by atoms with E-state index in [4.69, 9.17) is 0 Å². The fraction of sp³-hybridized carbons (Fsp3) is 0.125. The van der Waals surface area contributed by atoms with Crippen LogP contribution in [0.25, 0.3) is 0 Å². The van der Waals surface area contributed by atoms with Crippen LogP contribution in [-0.4, -0.2) is 25.2 Å². The normalized spacial score (nSPS) is 10.6. The molecule has 0 fully saturated rings. The van der Waals surface area contributed by atoms with Crippen molar-refractivity contribution in [2.24, 2.45) is 0 Å². The van der Waals surface area contributed by atoms with Gasteiger partial charge < -0.3 is 5.32 Å². The lowest BCUT2D eigenvalue weighted by atomic mass is 10.2. The average Bonchev–Trinajstić information content (AvgIpc) is 3.06. The van der Waals surface area contributed by atoms with Crippen LogP contribution in [0.5, 0.6) is 0 Å². The molecular formula is C16H14BrN5O3. The lowest BCUT2D eigenvalue weighted by Gasteiger charge is -2.09. The molecule has 0 saturated heterocycles. The van der Waals surface area contributed by atoms with Crippen molar-refractivity contribution in [2.75, 3.05) is 5.32 Å². The number of H-pyrrole nitrogens is 1. The lowest BCUT2D eigenvalue weighted by molar-refractivity contribution is -0.116. The van der Waals surface area contributed by atoms with Gasteiger partial charge in [-0.05, 0) is 39.7 Å². The minimum absolute atomic E-state index is 0.182. The Morgan fingerprint density at radius 1 is 1.28 bits per heavy atom. The number of rotatable bonds is 5. The molecule has 0 radical (unpaired) electrons. The van der Waals surface area contributed by atoms with Gasteiger partial charge in [0.2, 0.25) is 5.91 Å². The highest BCUT2D eigenvalue weighted by atomic mass is 79.9. The number of nitrogens with zero attached hydrogens (tertiary/aromatic N) is 3. The Kier molecular flexibility index (Phi) is 4.94. The highest BCUT2D eigenvalue weighted by Crippen LogP contribution is 2.12. The van der Waals surface area contributed by atoms with E-state index in [1.54, 1.807) is 16.9 Å². The van der Waals surface area contributed by atoms with E-state index in [0.29, 0.717) is 12.2 Å². The number of carbonyl (C=O) groups is 1. The van der Waals surface area contributed by atoms with Crippen molar-refractivity contribution in [1.29, 1.82) is 0 Å². The van der Waals surface area contributed by atoms with E-state index >= 15 is 0 Å². The third kappa shape index (κ3) is 4.32. The standard InChI is InChI=1S/C16H14BrN5O3/c17-13-9-21(16(25)20-15(13)24)10-14(23)19-12-4-1-3-11(7-12)8-22-6-2-5-18-22/h1-7,9H,8,10H2,(H,19,23)(H,20,24,25). The zero-order chi connectivity index (χ0) is 17.8. The Hall–Kier alpha value is -2.94. The summed E-state index contributed by atoms with van der Waals surface area (Å²) in [7, 11) is 0. The zero-order valence-electron chi connectivity index (χ0n) is 13.0. The fourth-order valence-corrected chi connectivity index (χ4v) is 2.63. The fourth-order valence-electron chi connectivity index (χ4n) is 2.28. The number of hydrogen-bond donors (Lipinski definition) is 2. The zero-order valence-corrected chi connectivity index (χ0v) is 14.6. The van der Waals surface area contributed by atoms with Crippen molar-refractivity contribution in [3.8, 4) is 0 Å². The van der Waals surface area contributed by atoms with Gasteiger partial charge >= 0.3 is 5.69 Å². The van der Waals surface area contributed by atoms with Crippen LogP contribution in [-0.2, 0) is 17.9 Å². The van der Waals surface area contributed by atoms with Crippen LogP contribution in [0, 0.1) is 0 Å². The second-order valence-corrected chi connectivity index (χ2v) is 6.17. The number of hydrogen-bond acceptors (Lipinski definition) is 4. The van der Waals surface area contributed by atoms with Crippen LogP contribution in [0.3, 0.4) is 0 Å². The molecule has 0 saturated carbocycles. The first-order chi connectivity index (χ1) is 12.0. The minimum Gasteiger partial charge on any atom is -0.325 e. The predicted molar refractivity (Wildman–Crippen MR) is 95.4 cm³/mol. The molecule has 9 heteroatoms. The summed E-state index contributed by atoms with van der Waals surface area (Å²) in [5.74, 6) is -0.378. The summed E-state index contributed by atoms with van der Waals surface area (Å²) >= 11 is 3.03. The third-order valence-electron chi connectivity index (χ3n) is 3.40. The van der Waals surface area contributed by atoms with E-state index in [-0.39, 0.29) is 16.9 Å². The molecule has 0 unspecified atom stereocenters. The third-order valence-corrected chi connectivity index (χ3v) is 3.96. The quantitative estimate of drug-likeness (QED) is 0.667. The number of nitrogens with one attached hydrogen (secondary N) is 2. The number of benzene rings is 1. The van der Waals surface area contributed by atoms with Crippen LogP contribution < -0.4 is 16.6 Å². The first-order valence-electron chi connectivity index (χ1n) is 7.37. The maximum atomic E-state index is 12.2. The Bertz CT molecular complexity index is 1010. The Morgan fingerprint density at radius 2 is 2.12 bits per heavy atom. The van der Waals surface area contributed by atoms with Gasteiger partial charge in [0.1, 0.15) is 6.54 Å². The second kappa shape index (κ2) is 7.31. The molecule has 3 rings (SSSR count). The van der Waals surface area contributed by atoms with E-state index in [1.807, 2.05) is 30.5 Å². The molecule has 3 aromatic rings. The summed E-state index contributed by atoms with van der Waals surface area (Å²) in [5.41, 5.74) is 0.417. The van der Waals surface area contributed by atoms with E-state index in [1.165, 1.54) is 6.20 Å². The largest absolute Gasteiger partial charge is 0.328 e. The topological polar surface area (TPSA) is 102 Å². The van der Waals surface area contributed by atoms with Gasteiger partial charge in [-0.3, -0.25) is 23.8 Å². The first-order valence-corrected chi connectivity index (χ1v) is 8.16. The molecule has 128 valence electrons. The number of aromatic amines is 1. The maximum absolute atomic E-state index is 12.2. The highest BCUT2D eigenvalue weighted by Gasteiger charge is 2.08. The molecule has 0 aliphatic rings. The molecule has 0 aliphatic carbocycles. The van der Waals surface area contributed by atoms with Crippen LogP contribution in [0.1, 0.15) is 5.56 Å². The van der Waals surface area contributed by atoms with Gasteiger partial charge in [0.05, 0.1) is 11.0 Å². The van der Waals surface area contributed by atoms with E-state index < -0.39 is 11.2 Å². The Labute approximate surface area is 150 Å². The van der Waals surface area contributed by atoms with Crippen molar-refractivity contribution in [2.45, 2.75) is 13.1 Å². The van der Waals surface area contributed by atoms with Crippen molar-refractivity contribution in [3.05, 3.63) is 79.8 Å². The van der Waals surface area contributed by atoms with Crippen LogP contribution in [0.15, 0.2) is 63.0 Å². The smallest absolute Gasteiger partial charge is 0.325 e. The summed E-state index contributed by atoms with van der Waals surface area (Å²) in [6.45, 7) is 0.376. The van der Waals surface area contributed by atoms with E-state index in [9.17, 15) is 14.4 Å². The molecule has 0 spiro atoms. The van der Waals surface area contributed by atoms with Gasteiger partial charge in [-0.25, -0.2) is 4.79 Å². The van der Waals surface area contributed by atoms with Crippen LogP contribution in [0.4, 0.5) is 5.69 Å². The molecule has 2 heterocycles. The van der Waals surface area contributed by atoms with Crippen LogP contribution in [0.2, 0.25) is 0 Å². The van der Waals surface area contributed by atoms with Crippen molar-refractivity contribution in [3.63, 3.8) is 0 Å². The van der Waals surface area contributed by atoms with Crippen molar-refractivity contribution in [1.82, 2.24) is 19.3 Å². The number of anilines is 1. The number of aromatic nitrogens is 4. The lowest BCUT2D eigenvalue weighted by Crippen LogP contribution is -2.33. The Balaban J connectivity index is 1.70. The van der Waals surface area contributed by atoms with E-state index in [2.05, 4.69) is 31.3 Å². The van der Waals surface area contributed by atoms with Crippen LogP contribution >= 0.6 is 15.9 Å². The summed E-state index contributed by atoms with van der Waals surface area (Å²) in [5, 5.41) is 6.88. The first kappa shape index (κ1) is 16.9. The molecule has 0 atom stereocenters. The second-order valence-electron chi connectivity index (χ2n) is 5.32. The number of amides is 1. The van der Waals surface area contributed by atoms with Gasteiger partial charge in [0.15, 0.2) is 0 Å². The molecular weight excluding hydrogens is 390 g/mol. The van der Waals surface area contributed by atoms with Crippen molar-refractivity contribution >= 4 is 27.5 Å². The van der Waals surface area contributed by atoms with E-state index in [0.717, 1.165) is 10.1 Å². The molecule has 2 N–H and O–H groups in total. The highest BCUT2D eigenvalue weighted by molar-refractivity contribution is 9.10. The predicted octanol–water partition coefficient (Wildman–Crippen LogP) is 1.18. The summed E-state index contributed by atoms with van der Waals surface area (Å²) in [6.07, 6.45) is 4.84. The molecule has 0 bridgehead atoms. The molecule has 8 nitrogen and oxygen atoms in total. The SMILES string of the molecule is O=C(Cn1cc(Br)c(=O)[nH]c1=O)Nc1cccc(Cn2cccn2)c1. The van der Waals surface area contributed by atoms with Gasteiger partial charge in [-0.15, -0.1) is 0 Å². The summed E-state index contributed by atoms with van der Waals surface area (Å²) in [4.78, 5) is 37.3. The Morgan fingerprint density at radius 3 is 2.88 bits per heavy atom. The molecule has 2 aromatic heterocycles. The summed E-state index contributed by atoms with van der Waals surface area (Å²) in [6, 6.07) is 9.20. The maximum Gasteiger partial charge on any atom is 0.328 e. The number of carbonyl (C=O) groups excluding carboxylic acids is 1. The monoisotopic (exact) mass is 403 g/mol. The molecule has 1 amide bonds. The molecule has 1 aromatic carbocycles. The van der Waals surface area contributed by atoms with Gasteiger partial charge in [-0.2, -0.15) is 5.10 Å². The minimum atomic E-state index is -0.643. The number of halogens is 1. The summed E-state index contributed by atoms with van der Waals surface area (Å²) < 4.78 is 3.08.